The number of nitrogens with one attached hydrogen (secondary N) is 1. The highest BCUT2D eigenvalue weighted by atomic mass is 32.2. The zero-order valence-corrected chi connectivity index (χ0v) is 16.4. The Hall–Kier alpha value is -2.45. The molecule has 146 valence electrons. The van der Waals surface area contributed by atoms with Gasteiger partial charge in [0.15, 0.2) is 0 Å². The third kappa shape index (κ3) is 5.27. The monoisotopic (exact) mass is 393 g/mol. The molecule has 1 N–H and O–H groups in total. The summed E-state index contributed by atoms with van der Waals surface area (Å²) in [5.74, 6) is -0.930. The molecule has 8 heteroatoms. The third-order valence-electron chi connectivity index (χ3n) is 4.09. The van der Waals surface area contributed by atoms with Gasteiger partial charge in [-0.05, 0) is 36.2 Å². The first kappa shape index (κ1) is 20.9. The second-order valence-electron chi connectivity index (χ2n) is 6.21. The Morgan fingerprint density at radius 3 is 2.19 bits per heavy atom. The Kier molecular flexibility index (Phi) is 6.92. The summed E-state index contributed by atoms with van der Waals surface area (Å²) in [5.41, 5.74) is 1.16. The van der Waals surface area contributed by atoms with Gasteiger partial charge < -0.3 is 5.32 Å². The van der Waals surface area contributed by atoms with Crippen LogP contribution in [0.4, 0.5) is 10.1 Å². The third-order valence-corrected chi connectivity index (χ3v) is 5.91. The number of rotatable bonds is 8. The van der Waals surface area contributed by atoms with E-state index in [9.17, 15) is 17.6 Å². The van der Waals surface area contributed by atoms with Gasteiger partial charge in [0.25, 0.3) is 0 Å². The maximum absolute atomic E-state index is 13.2. The lowest BCUT2D eigenvalue weighted by molar-refractivity contribution is -0.120. The van der Waals surface area contributed by atoms with Crippen LogP contribution in [0.25, 0.3) is 0 Å². The van der Waals surface area contributed by atoms with E-state index in [1.807, 2.05) is 37.3 Å². The van der Waals surface area contributed by atoms with Crippen molar-refractivity contribution in [3.63, 3.8) is 0 Å². The second kappa shape index (κ2) is 8.96. The van der Waals surface area contributed by atoms with Crippen LogP contribution in [0, 0.1) is 5.82 Å². The molecule has 0 heterocycles. The maximum Gasteiger partial charge on any atom is 0.304 e. The highest BCUT2D eigenvalue weighted by molar-refractivity contribution is 7.90. The largest absolute Gasteiger partial charge is 0.348 e. The summed E-state index contributed by atoms with van der Waals surface area (Å²) >= 11 is 0. The summed E-state index contributed by atoms with van der Waals surface area (Å²) in [5, 5.41) is 2.87. The van der Waals surface area contributed by atoms with Crippen LogP contribution in [0.1, 0.15) is 24.9 Å². The molecule has 27 heavy (non-hydrogen) atoms. The highest BCUT2D eigenvalue weighted by Crippen LogP contribution is 2.21. The molecule has 0 aliphatic heterocycles. The van der Waals surface area contributed by atoms with E-state index in [-0.39, 0.29) is 11.7 Å². The summed E-state index contributed by atoms with van der Waals surface area (Å²) < 4.78 is 40.5. The Labute approximate surface area is 159 Å². The van der Waals surface area contributed by atoms with Crippen LogP contribution in [0.15, 0.2) is 54.6 Å². The average Bonchev–Trinajstić information content (AvgIpc) is 2.65. The zero-order chi connectivity index (χ0) is 20.0. The van der Waals surface area contributed by atoms with Crippen molar-refractivity contribution >= 4 is 21.8 Å². The number of hydrogen-bond acceptors (Lipinski definition) is 3. The number of amides is 1. The van der Waals surface area contributed by atoms with Crippen LogP contribution in [0.2, 0.25) is 0 Å². The van der Waals surface area contributed by atoms with Gasteiger partial charge in [0, 0.05) is 14.1 Å². The molecule has 2 aromatic rings. The summed E-state index contributed by atoms with van der Waals surface area (Å²) in [6.45, 7) is 1.53. The summed E-state index contributed by atoms with van der Waals surface area (Å²) in [7, 11) is -1.17. The van der Waals surface area contributed by atoms with Crippen LogP contribution in [0.5, 0.6) is 0 Å². The molecule has 0 bridgehead atoms. The van der Waals surface area contributed by atoms with E-state index in [1.54, 1.807) is 0 Å². The number of benzene rings is 2. The molecule has 0 radical (unpaired) electrons. The zero-order valence-electron chi connectivity index (χ0n) is 15.6. The lowest BCUT2D eigenvalue weighted by atomic mass is 10.0. The standard InChI is InChI=1S/C19H24FN3O3S/c1-4-18(15-8-6-5-7-9-15)21-19(24)14-23(27(25,26)22(2)3)17-12-10-16(20)11-13-17/h5-13,18H,4,14H2,1-3H3,(H,21,24)/t18-/m1/s1. The van der Waals surface area contributed by atoms with Crippen LogP contribution >= 0.6 is 0 Å². The van der Waals surface area contributed by atoms with Gasteiger partial charge in [-0.3, -0.25) is 4.79 Å². The minimum Gasteiger partial charge on any atom is -0.348 e. The Morgan fingerprint density at radius 1 is 1.07 bits per heavy atom. The number of anilines is 1. The fourth-order valence-corrected chi connectivity index (χ4v) is 3.65. The Morgan fingerprint density at radius 2 is 1.67 bits per heavy atom. The predicted molar refractivity (Wildman–Crippen MR) is 104 cm³/mol. The van der Waals surface area contributed by atoms with Gasteiger partial charge in [-0.15, -0.1) is 0 Å². The van der Waals surface area contributed by atoms with Crippen LogP contribution in [-0.2, 0) is 15.0 Å². The van der Waals surface area contributed by atoms with Gasteiger partial charge in [-0.2, -0.15) is 12.7 Å². The number of hydrogen-bond donors (Lipinski definition) is 1. The first-order chi connectivity index (χ1) is 12.8. The fraction of sp³-hybridized carbons (Fsp3) is 0.316. The topological polar surface area (TPSA) is 69.7 Å². The highest BCUT2D eigenvalue weighted by Gasteiger charge is 2.28. The van der Waals surface area contributed by atoms with Crippen molar-refractivity contribution in [2.45, 2.75) is 19.4 Å². The second-order valence-corrected chi connectivity index (χ2v) is 8.28. The SMILES string of the molecule is CC[C@@H](NC(=O)CN(c1ccc(F)cc1)S(=O)(=O)N(C)C)c1ccccc1. The van der Waals surface area contributed by atoms with Gasteiger partial charge in [-0.1, -0.05) is 37.3 Å². The normalized spacial score (nSPS) is 12.6. The van der Waals surface area contributed by atoms with Crippen LogP contribution < -0.4 is 9.62 Å². The minimum atomic E-state index is -3.92. The van der Waals surface area contributed by atoms with E-state index < -0.39 is 28.5 Å². The molecule has 6 nitrogen and oxygen atoms in total. The molecule has 0 saturated carbocycles. The first-order valence-corrected chi connectivity index (χ1v) is 9.95. The van der Waals surface area contributed by atoms with Gasteiger partial charge in [0.1, 0.15) is 12.4 Å². The van der Waals surface area contributed by atoms with Crippen molar-refractivity contribution < 1.29 is 17.6 Å². The summed E-state index contributed by atoms with van der Waals surface area (Å²) in [6.07, 6.45) is 0.659. The summed E-state index contributed by atoms with van der Waals surface area (Å²) in [6, 6.07) is 14.2. The lowest BCUT2D eigenvalue weighted by Crippen LogP contribution is -2.46. The lowest BCUT2D eigenvalue weighted by Gasteiger charge is -2.28. The van der Waals surface area contributed by atoms with Crippen molar-refractivity contribution in [1.29, 1.82) is 0 Å². The summed E-state index contributed by atoms with van der Waals surface area (Å²) in [4.78, 5) is 12.6. The molecule has 0 aliphatic carbocycles. The molecule has 0 fully saturated rings. The van der Waals surface area contributed by atoms with Gasteiger partial charge >= 0.3 is 10.2 Å². The van der Waals surface area contributed by atoms with E-state index in [1.165, 1.54) is 26.2 Å². The van der Waals surface area contributed by atoms with E-state index in [0.717, 1.165) is 26.3 Å². The number of carbonyl (C=O) groups is 1. The molecular formula is C19H24FN3O3S. The van der Waals surface area contributed by atoms with E-state index in [4.69, 9.17) is 0 Å². The number of carbonyl (C=O) groups excluding carboxylic acids is 1. The first-order valence-electron chi connectivity index (χ1n) is 8.55. The van der Waals surface area contributed by atoms with E-state index in [0.29, 0.717) is 6.42 Å². The van der Waals surface area contributed by atoms with Crippen LogP contribution in [0.3, 0.4) is 0 Å². The average molecular weight is 393 g/mol. The van der Waals surface area contributed by atoms with Gasteiger partial charge in [0.05, 0.1) is 11.7 Å². The quantitative estimate of drug-likeness (QED) is 0.750. The fourth-order valence-electron chi connectivity index (χ4n) is 2.59. The van der Waals surface area contributed by atoms with Crippen LogP contribution in [-0.4, -0.2) is 39.3 Å². The van der Waals surface area contributed by atoms with Gasteiger partial charge in [0.2, 0.25) is 5.91 Å². The Balaban J connectivity index is 2.24. The van der Waals surface area contributed by atoms with Crippen molar-refractivity contribution in [3.8, 4) is 0 Å². The van der Waals surface area contributed by atoms with Crippen molar-refractivity contribution in [2.75, 3.05) is 24.9 Å². The van der Waals surface area contributed by atoms with Crippen molar-refractivity contribution in [2.24, 2.45) is 0 Å². The molecule has 2 aromatic carbocycles. The predicted octanol–water partition coefficient (Wildman–Crippen LogP) is 2.71. The molecule has 2 rings (SSSR count). The molecule has 1 amide bonds. The number of nitrogens with zero attached hydrogens (tertiary/aromatic N) is 2. The molecule has 1 atom stereocenters. The van der Waals surface area contributed by atoms with Gasteiger partial charge in [-0.25, -0.2) is 8.70 Å². The molecule has 0 unspecified atom stereocenters. The van der Waals surface area contributed by atoms with E-state index >= 15 is 0 Å². The molecule has 0 aliphatic rings. The maximum atomic E-state index is 13.2. The molecule has 0 spiro atoms. The molecule has 0 saturated heterocycles. The molecular weight excluding hydrogens is 369 g/mol. The minimum absolute atomic E-state index is 0.216. The number of halogens is 1. The van der Waals surface area contributed by atoms with Crippen molar-refractivity contribution in [1.82, 2.24) is 9.62 Å². The van der Waals surface area contributed by atoms with Crippen molar-refractivity contribution in [3.05, 3.63) is 66.0 Å². The molecule has 0 aromatic heterocycles. The Bertz CT molecular complexity index is 856. The van der Waals surface area contributed by atoms with E-state index in [2.05, 4.69) is 5.32 Å². The smallest absolute Gasteiger partial charge is 0.304 e.